The fourth-order valence-electron chi connectivity index (χ4n) is 3.23. The van der Waals surface area contributed by atoms with Crippen LogP contribution in [0.15, 0.2) is 41.6 Å². The monoisotopic (exact) mass is 396 g/mol. The molecule has 1 aliphatic rings. The SMILES string of the molecule is CC(C)c1nccn1CCN1CCN(S(=O)(=O)c2cccc(Cl)c2)CC1. The van der Waals surface area contributed by atoms with E-state index in [0.717, 1.165) is 32.0 Å². The van der Waals surface area contributed by atoms with Crippen LogP contribution in [-0.4, -0.2) is 59.9 Å². The molecule has 6 nitrogen and oxygen atoms in total. The van der Waals surface area contributed by atoms with E-state index in [1.54, 1.807) is 22.5 Å². The minimum Gasteiger partial charge on any atom is -0.333 e. The van der Waals surface area contributed by atoms with Crippen LogP contribution >= 0.6 is 11.6 Å². The van der Waals surface area contributed by atoms with Crippen LogP contribution < -0.4 is 0 Å². The molecule has 26 heavy (non-hydrogen) atoms. The minimum atomic E-state index is -3.48. The van der Waals surface area contributed by atoms with E-state index in [0.29, 0.717) is 24.0 Å². The lowest BCUT2D eigenvalue weighted by molar-refractivity contribution is 0.182. The third-order valence-corrected chi connectivity index (χ3v) is 6.82. The maximum atomic E-state index is 12.7. The lowest BCUT2D eigenvalue weighted by atomic mass is 10.2. The third kappa shape index (κ3) is 4.28. The molecule has 0 saturated carbocycles. The highest BCUT2D eigenvalue weighted by atomic mass is 35.5. The summed E-state index contributed by atoms with van der Waals surface area (Å²) in [5, 5.41) is 0.436. The number of imidazole rings is 1. The molecule has 2 heterocycles. The van der Waals surface area contributed by atoms with E-state index in [-0.39, 0.29) is 4.90 Å². The fraction of sp³-hybridized carbons (Fsp3) is 0.500. The van der Waals surface area contributed by atoms with Crippen LogP contribution in [0, 0.1) is 0 Å². The van der Waals surface area contributed by atoms with Crippen LogP contribution in [0.5, 0.6) is 0 Å². The highest BCUT2D eigenvalue weighted by Crippen LogP contribution is 2.21. The van der Waals surface area contributed by atoms with Gasteiger partial charge in [0.2, 0.25) is 10.0 Å². The average molecular weight is 397 g/mol. The van der Waals surface area contributed by atoms with E-state index in [1.807, 2.05) is 12.4 Å². The molecule has 2 aromatic rings. The van der Waals surface area contributed by atoms with Gasteiger partial charge in [-0.3, -0.25) is 4.90 Å². The molecule has 1 fully saturated rings. The molecule has 1 aliphatic heterocycles. The Morgan fingerprint density at radius 2 is 1.88 bits per heavy atom. The Hall–Kier alpha value is -1.41. The van der Waals surface area contributed by atoms with Crippen LogP contribution in [-0.2, 0) is 16.6 Å². The third-order valence-electron chi connectivity index (χ3n) is 4.69. The van der Waals surface area contributed by atoms with Gasteiger partial charge in [-0.1, -0.05) is 31.5 Å². The summed E-state index contributed by atoms with van der Waals surface area (Å²) in [5.74, 6) is 1.48. The molecule has 0 aliphatic carbocycles. The lowest BCUT2D eigenvalue weighted by Gasteiger charge is -2.34. The van der Waals surface area contributed by atoms with E-state index in [2.05, 4.69) is 28.3 Å². The van der Waals surface area contributed by atoms with Gasteiger partial charge in [0.25, 0.3) is 0 Å². The van der Waals surface area contributed by atoms with Crippen molar-refractivity contribution in [3.63, 3.8) is 0 Å². The highest BCUT2D eigenvalue weighted by molar-refractivity contribution is 7.89. The number of hydrogen-bond donors (Lipinski definition) is 0. The molecular weight excluding hydrogens is 372 g/mol. The fourth-order valence-corrected chi connectivity index (χ4v) is 4.95. The summed E-state index contributed by atoms with van der Waals surface area (Å²) in [5.41, 5.74) is 0. The number of halogens is 1. The Morgan fingerprint density at radius 1 is 1.15 bits per heavy atom. The van der Waals surface area contributed by atoms with Gasteiger partial charge in [0.15, 0.2) is 0 Å². The van der Waals surface area contributed by atoms with Gasteiger partial charge in [-0.15, -0.1) is 0 Å². The van der Waals surface area contributed by atoms with Crippen molar-refractivity contribution < 1.29 is 8.42 Å². The van der Waals surface area contributed by atoms with Gasteiger partial charge in [-0.05, 0) is 18.2 Å². The molecule has 0 radical (unpaired) electrons. The lowest BCUT2D eigenvalue weighted by Crippen LogP contribution is -2.49. The largest absolute Gasteiger partial charge is 0.333 e. The Bertz CT molecular complexity index is 842. The van der Waals surface area contributed by atoms with Crippen LogP contribution in [0.4, 0.5) is 0 Å². The Labute approximate surface area is 160 Å². The molecule has 1 aromatic carbocycles. The van der Waals surface area contributed by atoms with E-state index in [9.17, 15) is 8.42 Å². The number of sulfonamides is 1. The topological polar surface area (TPSA) is 58.4 Å². The van der Waals surface area contributed by atoms with Gasteiger partial charge in [0, 0.05) is 62.6 Å². The van der Waals surface area contributed by atoms with Gasteiger partial charge in [-0.25, -0.2) is 13.4 Å². The first-order valence-corrected chi connectivity index (χ1v) is 10.7. The minimum absolute atomic E-state index is 0.262. The van der Waals surface area contributed by atoms with Crippen molar-refractivity contribution in [3.05, 3.63) is 47.5 Å². The van der Waals surface area contributed by atoms with Crippen molar-refractivity contribution in [1.29, 1.82) is 0 Å². The number of benzene rings is 1. The van der Waals surface area contributed by atoms with Crippen molar-refractivity contribution in [1.82, 2.24) is 18.8 Å². The number of rotatable bonds is 6. The van der Waals surface area contributed by atoms with Crippen molar-refractivity contribution in [2.45, 2.75) is 31.2 Å². The molecule has 0 bridgehead atoms. The Balaban J connectivity index is 1.56. The summed E-state index contributed by atoms with van der Waals surface area (Å²) < 4.78 is 29.2. The zero-order chi connectivity index (χ0) is 18.7. The Morgan fingerprint density at radius 3 is 2.54 bits per heavy atom. The second-order valence-corrected chi connectivity index (χ2v) is 9.21. The molecule has 8 heteroatoms. The maximum Gasteiger partial charge on any atom is 0.243 e. The molecule has 0 spiro atoms. The number of piperazine rings is 1. The van der Waals surface area contributed by atoms with Crippen molar-refractivity contribution in [2.75, 3.05) is 32.7 Å². The molecular formula is C18H25ClN4O2S. The molecule has 0 N–H and O–H groups in total. The first-order chi connectivity index (χ1) is 12.4. The van der Waals surface area contributed by atoms with E-state index < -0.39 is 10.0 Å². The van der Waals surface area contributed by atoms with Crippen molar-refractivity contribution in [3.8, 4) is 0 Å². The molecule has 0 unspecified atom stereocenters. The van der Waals surface area contributed by atoms with Crippen LogP contribution in [0.3, 0.4) is 0 Å². The van der Waals surface area contributed by atoms with E-state index in [1.165, 1.54) is 6.07 Å². The van der Waals surface area contributed by atoms with Gasteiger partial charge >= 0.3 is 0 Å². The smallest absolute Gasteiger partial charge is 0.243 e. The highest BCUT2D eigenvalue weighted by Gasteiger charge is 2.28. The Kier molecular flexibility index (Phi) is 6.02. The van der Waals surface area contributed by atoms with Gasteiger partial charge < -0.3 is 4.57 Å². The number of nitrogens with zero attached hydrogens (tertiary/aromatic N) is 4. The molecule has 0 amide bonds. The summed E-state index contributed by atoms with van der Waals surface area (Å²) >= 11 is 5.94. The second-order valence-electron chi connectivity index (χ2n) is 6.84. The average Bonchev–Trinajstić information content (AvgIpc) is 3.09. The first kappa shape index (κ1) is 19.4. The van der Waals surface area contributed by atoms with Crippen LogP contribution in [0.2, 0.25) is 5.02 Å². The van der Waals surface area contributed by atoms with Crippen LogP contribution in [0.25, 0.3) is 0 Å². The van der Waals surface area contributed by atoms with E-state index >= 15 is 0 Å². The summed E-state index contributed by atoms with van der Waals surface area (Å²) in [6, 6.07) is 6.46. The molecule has 1 aromatic heterocycles. The summed E-state index contributed by atoms with van der Waals surface area (Å²) in [4.78, 5) is 6.97. The second kappa shape index (κ2) is 8.08. The standard InChI is InChI=1S/C18H25ClN4O2S/c1-15(2)18-20-6-7-22(18)11-8-21-9-12-23(13-10-21)26(24,25)17-5-3-4-16(19)14-17/h3-7,14-15H,8-13H2,1-2H3. The first-order valence-electron chi connectivity index (χ1n) is 8.87. The van der Waals surface area contributed by atoms with E-state index in [4.69, 9.17) is 11.6 Å². The number of hydrogen-bond acceptors (Lipinski definition) is 4. The normalized spacial score (nSPS) is 17.1. The summed E-state index contributed by atoms with van der Waals surface area (Å²) in [6.07, 6.45) is 3.85. The molecule has 1 saturated heterocycles. The van der Waals surface area contributed by atoms with Crippen molar-refractivity contribution >= 4 is 21.6 Å². The maximum absolute atomic E-state index is 12.7. The number of aromatic nitrogens is 2. The predicted octanol–water partition coefficient (Wildman–Crippen LogP) is 2.67. The predicted molar refractivity (Wildman–Crippen MR) is 103 cm³/mol. The molecule has 0 atom stereocenters. The quantitative estimate of drug-likeness (QED) is 0.753. The van der Waals surface area contributed by atoms with Gasteiger partial charge in [-0.2, -0.15) is 4.31 Å². The van der Waals surface area contributed by atoms with Gasteiger partial charge in [0.05, 0.1) is 4.90 Å². The van der Waals surface area contributed by atoms with Crippen LogP contribution in [0.1, 0.15) is 25.6 Å². The zero-order valence-electron chi connectivity index (χ0n) is 15.2. The zero-order valence-corrected chi connectivity index (χ0v) is 16.7. The van der Waals surface area contributed by atoms with Crippen molar-refractivity contribution in [2.24, 2.45) is 0 Å². The molecule has 142 valence electrons. The summed E-state index contributed by atoms with van der Waals surface area (Å²) in [6.45, 7) is 8.48. The van der Waals surface area contributed by atoms with Gasteiger partial charge in [0.1, 0.15) is 5.82 Å². The summed E-state index contributed by atoms with van der Waals surface area (Å²) in [7, 11) is -3.48. The molecule has 3 rings (SSSR count).